The zero-order chi connectivity index (χ0) is 55.0. The summed E-state index contributed by atoms with van der Waals surface area (Å²) >= 11 is 0. The highest BCUT2D eigenvalue weighted by Gasteiger charge is 2.47. The summed E-state index contributed by atoms with van der Waals surface area (Å²) in [6.07, 6.45) is 1.50. The average molecular weight is 1130 g/mol. The van der Waals surface area contributed by atoms with Crippen molar-refractivity contribution in [3.8, 4) is 22.6 Å². The van der Waals surface area contributed by atoms with E-state index in [-0.39, 0.29) is 0 Å². The average Bonchev–Trinajstić information content (AvgIpc) is 1.56. The highest BCUT2D eigenvalue weighted by Crippen LogP contribution is 2.50. The smallest absolute Gasteiger partial charge is 0.179 e. The summed E-state index contributed by atoms with van der Waals surface area (Å²) in [6.45, 7) is 0.815. The third-order valence-corrected chi connectivity index (χ3v) is 31.1. The lowest BCUT2D eigenvalue weighted by Gasteiger charge is -2.40. The van der Waals surface area contributed by atoms with Crippen LogP contribution in [0.15, 0.2) is 328 Å². The van der Waals surface area contributed by atoms with Gasteiger partial charge in [0.1, 0.15) is 24.7 Å². The van der Waals surface area contributed by atoms with E-state index in [1.54, 1.807) is 0 Å². The van der Waals surface area contributed by atoms with E-state index in [0.717, 1.165) is 34.9 Å². The van der Waals surface area contributed by atoms with Crippen LogP contribution in [0.4, 0.5) is 0 Å². The van der Waals surface area contributed by atoms with Crippen molar-refractivity contribution < 1.29 is 9.47 Å². The number of benzene rings is 12. The van der Waals surface area contributed by atoms with Gasteiger partial charge in [0, 0.05) is 23.5 Å². The van der Waals surface area contributed by atoms with E-state index in [9.17, 15) is 0 Å². The van der Waals surface area contributed by atoms with Gasteiger partial charge in [-0.2, -0.15) is 0 Å². The summed E-state index contributed by atoms with van der Waals surface area (Å²) in [6, 6.07) is 123. The fourth-order valence-corrected chi connectivity index (χ4v) is 27.9. The summed E-state index contributed by atoms with van der Waals surface area (Å²) < 4.78 is 14.7. The molecule has 0 spiro atoms. The minimum Gasteiger partial charge on any atom is -0.489 e. The fourth-order valence-electron chi connectivity index (χ4n) is 12.8. The van der Waals surface area contributed by atoms with Gasteiger partial charge in [-0.05, 0) is 102 Å². The van der Waals surface area contributed by atoms with Gasteiger partial charge in [0.25, 0.3) is 0 Å². The monoisotopic (exact) mass is 1120 g/mol. The van der Waals surface area contributed by atoms with Crippen molar-refractivity contribution in [1.29, 1.82) is 0 Å². The molecule has 2 nitrogen and oxygen atoms in total. The predicted octanol–water partition coefficient (Wildman–Crippen LogP) is 11.1. The van der Waals surface area contributed by atoms with Crippen LogP contribution in [0, 0.1) is 0 Å². The first-order chi connectivity index (χ1) is 40.7. The van der Waals surface area contributed by atoms with Gasteiger partial charge < -0.3 is 9.47 Å². The quantitative estimate of drug-likeness (QED) is 0.0545. The number of rotatable bonds is 16. The highest BCUT2D eigenvalue weighted by atomic mass is 31.1. The van der Waals surface area contributed by atoms with Crippen LogP contribution < -0.4 is 72.2 Å². The van der Waals surface area contributed by atoms with Crippen molar-refractivity contribution in [2.75, 3.05) is 13.2 Å². The van der Waals surface area contributed by atoms with Gasteiger partial charge in [0.15, 0.2) is 16.1 Å². The van der Waals surface area contributed by atoms with Gasteiger partial charge in [-0.15, -0.1) is 0 Å². The van der Waals surface area contributed by atoms with E-state index in [1.807, 2.05) is 0 Å². The molecule has 6 heteroatoms. The molecule has 13 rings (SSSR count). The second-order valence-corrected chi connectivity index (χ2v) is 32.8. The zero-order valence-corrected chi connectivity index (χ0v) is 49.5. The van der Waals surface area contributed by atoms with Gasteiger partial charge in [-0.3, -0.25) is 0 Å². The second kappa shape index (κ2) is 24.3. The first-order valence-corrected chi connectivity index (χ1v) is 35.5. The Hall–Kier alpha value is -8.47. The van der Waals surface area contributed by atoms with Crippen LogP contribution in [0.25, 0.3) is 11.1 Å². The van der Waals surface area contributed by atoms with Crippen LogP contribution in [-0.2, 0) is 12.3 Å². The van der Waals surface area contributed by atoms with Crippen LogP contribution >= 0.6 is 15.8 Å². The number of ether oxygens (including phenoxy) is 2. The number of hydrogen-bond acceptors (Lipinski definition) is 2. The lowest BCUT2D eigenvalue weighted by Crippen LogP contribution is -2.75. The molecular formula is C76H62O2P2Si2. The zero-order valence-electron chi connectivity index (χ0n) is 45.7. The van der Waals surface area contributed by atoms with E-state index in [2.05, 4.69) is 328 Å². The van der Waals surface area contributed by atoms with Crippen molar-refractivity contribution in [3.63, 3.8) is 0 Å². The van der Waals surface area contributed by atoms with Crippen molar-refractivity contribution in [2.45, 2.75) is 12.3 Å². The summed E-state index contributed by atoms with van der Waals surface area (Å²) in [5.41, 5.74) is 4.88. The maximum atomic E-state index is 7.33. The summed E-state index contributed by atoms with van der Waals surface area (Å²) in [7, 11) is -8.55. The minimum absolute atomic E-state index is 0.407. The number of hydrogen-bond donors (Lipinski definition) is 0. The van der Waals surface area contributed by atoms with Gasteiger partial charge in [-0.1, -0.05) is 315 Å². The summed E-state index contributed by atoms with van der Waals surface area (Å²) in [5, 5.41) is 16.0. The normalized spacial score (nSPS) is 12.3. The Labute approximate surface area is 488 Å². The Morgan fingerprint density at radius 2 is 0.451 bits per heavy atom. The first kappa shape index (κ1) is 52.9. The molecule has 0 radical (unpaired) electrons. The summed E-state index contributed by atoms with van der Waals surface area (Å²) in [5.74, 6) is 1.79. The van der Waals surface area contributed by atoms with E-state index in [0.29, 0.717) is 13.2 Å². The fraction of sp³-hybridized carbons (Fsp3) is 0.0526. The largest absolute Gasteiger partial charge is 0.489 e. The van der Waals surface area contributed by atoms with Crippen molar-refractivity contribution >= 4 is 94.7 Å². The second-order valence-electron chi connectivity index (χ2n) is 20.8. The molecule has 0 fully saturated rings. The molecule has 1 heterocycles. The Morgan fingerprint density at radius 3 is 0.671 bits per heavy atom. The van der Waals surface area contributed by atoms with E-state index in [4.69, 9.17) is 9.47 Å². The molecule has 12 aromatic carbocycles. The molecule has 0 saturated carbocycles. The van der Waals surface area contributed by atoms with Gasteiger partial charge in [-0.25, -0.2) is 0 Å². The third kappa shape index (κ3) is 10.0. The van der Waals surface area contributed by atoms with Crippen molar-refractivity contribution in [1.82, 2.24) is 0 Å². The molecule has 0 bridgehead atoms. The molecular weight excluding hydrogens is 1060 g/mol. The maximum absolute atomic E-state index is 7.33. The first-order valence-electron chi connectivity index (χ1n) is 28.4. The van der Waals surface area contributed by atoms with Crippen LogP contribution in [-0.4, -0.2) is 29.4 Å². The molecule has 82 heavy (non-hydrogen) atoms. The SMILES string of the molecule is c1ccc(P(Cc2c([Si](c3ccccc3)(c3ccccc3)c3ccccc3)ccc3c2-c2c(ccc([Si](c4ccccc4)(c4ccccc4)c4ccccc4)c2CP(c2ccccc2)c2ccccc2)OCCO3)c2ccccc2)cc1. The molecule has 0 atom stereocenters. The standard InChI is InChI=1S/C76H62O2P2Si2/c1-11-31-59(32-12-1)79(60-33-13-2-14-34-60)57-69-73(81(63-39-19-5-20-40-63,64-41-21-6-22-42-64)65-43-23-7-24-44-65)53-51-71-75(69)76-70(58-80(61-35-15-3-16-36-61)62-37-17-4-18-38-62)74(54-52-72(76)78-56-55-77-71)82(66-45-25-8-26-46-66,67-47-27-9-28-48-67)68-49-29-10-30-50-68/h1-54H,55-58H2. The Kier molecular flexibility index (Phi) is 15.7. The molecule has 0 aliphatic carbocycles. The lowest BCUT2D eigenvalue weighted by molar-refractivity contribution is 0.214. The third-order valence-electron chi connectivity index (χ3n) is 16.4. The van der Waals surface area contributed by atoms with E-state index < -0.39 is 32.0 Å². The molecule has 0 amide bonds. The summed E-state index contributed by atoms with van der Waals surface area (Å²) in [4.78, 5) is 0. The van der Waals surface area contributed by atoms with Crippen molar-refractivity contribution in [3.05, 3.63) is 339 Å². The molecule has 1 aliphatic rings. The van der Waals surface area contributed by atoms with E-state index >= 15 is 0 Å². The molecule has 12 aromatic rings. The Balaban J connectivity index is 1.24. The van der Waals surface area contributed by atoms with Crippen LogP contribution in [0.3, 0.4) is 0 Å². The molecule has 396 valence electrons. The highest BCUT2D eigenvalue weighted by molar-refractivity contribution is 7.72. The van der Waals surface area contributed by atoms with Crippen molar-refractivity contribution in [2.24, 2.45) is 0 Å². The Bertz CT molecular complexity index is 3480. The molecule has 0 N–H and O–H groups in total. The number of fused-ring (bicyclic) bond motifs is 3. The minimum atomic E-state index is -3.26. The molecule has 1 aliphatic heterocycles. The van der Waals surface area contributed by atoms with Gasteiger partial charge in [0.05, 0.1) is 0 Å². The Morgan fingerprint density at radius 1 is 0.244 bits per heavy atom. The molecule has 0 aromatic heterocycles. The molecule has 0 unspecified atom stereocenters. The maximum Gasteiger partial charge on any atom is 0.179 e. The van der Waals surface area contributed by atoms with Gasteiger partial charge >= 0.3 is 0 Å². The topological polar surface area (TPSA) is 18.5 Å². The van der Waals surface area contributed by atoms with Gasteiger partial charge in [0.2, 0.25) is 0 Å². The van der Waals surface area contributed by atoms with Crippen LogP contribution in [0.1, 0.15) is 11.1 Å². The lowest BCUT2D eigenvalue weighted by atomic mass is 9.94. The van der Waals surface area contributed by atoms with Crippen LogP contribution in [0.5, 0.6) is 11.5 Å². The van der Waals surface area contributed by atoms with E-state index in [1.165, 1.54) is 73.8 Å². The predicted molar refractivity (Wildman–Crippen MR) is 356 cm³/mol. The molecule has 0 saturated heterocycles. The van der Waals surface area contributed by atoms with Crippen LogP contribution in [0.2, 0.25) is 0 Å².